The Hall–Kier alpha value is -0.570. The molecular weight excluding hydrogens is 154 g/mol. The van der Waals surface area contributed by atoms with Gasteiger partial charge in [-0.15, -0.1) is 0 Å². The molecule has 2 atom stereocenters. The number of nitrogens with zero attached hydrogens (tertiary/aromatic N) is 1. The van der Waals surface area contributed by atoms with Crippen molar-refractivity contribution in [1.29, 1.82) is 0 Å². The topological polar surface area (TPSA) is 40.5 Å². The monoisotopic (exact) mass is 171 g/mol. The first-order valence-electron chi connectivity index (χ1n) is 4.62. The van der Waals surface area contributed by atoms with Crippen LogP contribution in [0, 0.1) is 5.92 Å². The zero-order valence-corrected chi connectivity index (χ0v) is 7.79. The van der Waals surface area contributed by atoms with Crippen LogP contribution in [0.25, 0.3) is 0 Å². The lowest BCUT2D eigenvalue weighted by Gasteiger charge is -2.19. The van der Waals surface area contributed by atoms with E-state index in [9.17, 15) is 9.90 Å². The summed E-state index contributed by atoms with van der Waals surface area (Å²) >= 11 is 0. The molecule has 0 aliphatic carbocycles. The Kier molecular flexibility index (Phi) is 3.09. The summed E-state index contributed by atoms with van der Waals surface area (Å²) in [5.41, 5.74) is 0. The van der Waals surface area contributed by atoms with Gasteiger partial charge in [0.15, 0.2) is 0 Å². The number of aliphatic hydroxyl groups is 1. The van der Waals surface area contributed by atoms with Gasteiger partial charge < -0.3 is 10.0 Å². The predicted molar refractivity (Wildman–Crippen MR) is 46.7 cm³/mol. The van der Waals surface area contributed by atoms with Gasteiger partial charge in [-0.1, -0.05) is 13.8 Å². The smallest absolute Gasteiger partial charge is 0.225 e. The first-order chi connectivity index (χ1) is 5.65. The van der Waals surface area contributed by atoms with Crippen LogP contribution < -0.4 is 0 Å². The third-order valence-electron chi connectivity index (χ3n) is 2.51. The van der Waals surface area contributed by atoms with Crippen LogP contribution in [0.15, 0.2) is 0 Å². The molecule has 1 saturated heterocycles. The van der Waals surface area contributed by atoms with Crippen LogP contribution in [0.1, 0.15) is 26.7 Å². The molecule has 1 unspecified atom stereocenters. The SMILES string of the molecule is CCC(C)C(=O)N1CC[C@@H](O)C1. The molecule has 1 N–H and O–H groups in total. The molecule has 0 bridgehead atoms. The van der Waals surface area contributed by atoms with E-state index in [2.05, 4.69) is 0 Å². The van der Waals surface area contributed by atoms with E-state index in [4.69, 9.17) is 0 Å². The van der Waals surface area contributed by atoms with E-state index >= 15 is 0 Å². The van der Waals surface area contributed by atoms with Crippen molar-refractivity contribution < 1.29 is 9.90 Å². The molecule has 0 radical (unpaired) electrons. The quantitative estimate of drug-likeness (QED) is 0.662. The Bertz CT molecular complexity index is 170. The van der Waals surface area contributed by atoms with Gasteiger partial charge in [-0.05, 0) is 12.8 Å². The molecule has 1 amide bonds. The van der Waals surface area contributed by atoms with Gasteiger partial charge in [-0.3, -0.25) is 4.79 Å². The fourth-order valence-electron chi connectivity index (χ4n) is 1.43. The second-order valence-electron chi connectivity index (χ2n) is 3.54. The van der Waals surface area contributed by atoms with E-state index in [1.54, 1.807) is 4.90 Å². The summed E-state index contributed by atoms with van der Waals surface area (Å²) in [4.78, 5) is 13.3. The van der Waals surface area contributed by atoms with Crippen LogP contribution in [-0.4, -0.2) is 35.1 Å². The van der Waals surface area contributed by atoms with Crippen molar-refractivity contribution in [3.63, 3.8) is 0 Å². The number of hydrogen-bond donors (Lipinski definition) is 1. The van der Waals surface area contributed by atoms with E-state index in [-0.39, 0.29) is 17.9 Å². The number of likely N-dealkylation sites (tertiary alicyclic amines) is 1. The number of β-amino-alcohol motifs (C(OH)–C–C–N with tert-alkyl or cyclic N) is 1. The van der Waals surface area contributed by atoms with Crippen molar-refractivity contribution in [3.8, 4) is 0 Å². The van der Waals surface area contributed by atoms with Crippen molar-refractivity contribution in [3.05, 3.63) is 0 Å². The molecule has 1 aliphatic heterocycles. The van der Waals surface area contributed by atoms with Gasteiger partial charge in [0.1, 0.15) is 0 Å². The zero-order valence-electron chi connectivity index (χ0n) is 7.79. The van der Waals surface area contributed by atoms with Gasteiger partial charge in [0, 0.05) is 19.0 Å². The lowest BCUT2D eigenvalue weighted by atomic mass is 10.1. The van der Waals surface area contributed by atoms with Gasteiger partial charge in [-0.2, -0.15) is 0 Å². The fourth-order valence-corrected chi connectivity index (χ4v) is 1.43. The summed E-state index contributed by atoms with van der Waals surface area (Å²) < 4.78 is 0. The molecule has 1 rings (SSSR count). The maximum atomic E-state index is 11.5. The van der Waals surface area contributed by atoms with Crippen LogP contribution in [0.5, 0.6) is 0 Å². The summed E-state index contributed by atoms with van der Waals surface area (Å²) in [6, 6.07) is 0. The highest BCUT2D eigenvalue weighted by Gasteiger charge is 2.26. The maximum absolute atomic E-state index is 11.5. The number of amides is 1. The Morgan fingerprint density at radius 1 is 1.75 bits per heavy atom. The normalized spacial score (nSPS) is 25.9. The Morgan fingerprint density at radius 3 is 2.83 bits per heavy atom. The Morgan fingerprint density at radius 2 is 2.42 bits per heavy atom. The van der Waals surface area contributed by atoms with Gasteiger partial charge in [0.2, 0.25) is 5.91 Å². The molecule has 1 aliphatic rings. The van der Waals surface area contributed by atoms with Crippen LogP contribution in [0.3, 0.4) is 0 Å². The minimum absolute atomic E-state index is 0.107. The van der Waals surface area contributed by atoms with Gasteiger partial charge in [0.05, 0.1) is 6.10 Å². The summed E-state index contributed by atoms with van der Waals surface area (Å²) in [6.45, 7) is 5.20. The number of rotatable bonds is 2. The Labute approximate surface area is 73.4 Å². The fraction of sp³-hybridized carbons (Fsp3) is 0.889. The van der Waals surface area contributed by atoms with Crippen molar-refractivity contribution in [2.45, 2.75) is 32.8 Å². The second kappa shape index (κ2) is 3.90. The molecule has 70 valence electrons. The standard InChI is InChI=1S/C9H17NO2/c1-3-7(2)9(12)10-5-4-8(11)6-10/h7-8,11H,3-6H2,1-2H3/t7?,8-/m1/s1. The number of hydrogen-bond acceptors (Lipinski definition) is 2. The third kappa shape index (κ3) is 1.97. The summed E-state index contributed by atoms with van der Waals surface area (Å²) in [5.74, 6) is 0.296. The van der Waals surface area contributed by atoms with Crippen LogP contribution in [0.2, 0.25) is 0 Å². The number of aliphatic hydroxyl groups excluding tert-OH is 1. The molecule has 12 heavy (non-hydrogen) atoms. The van der Waals surface area contributed by atoms with Crippen molar-refractivity contribution in [2.75, 3.05) is 13.1 Å². The van der Waals surface area contributed by atoms with E-state index in [1.807, 2.05) is 13.8 Å². The molecule has 0 aromatic carbocycles. The summed E-state index contributed by atoms with van der Waals surface area (Å²) in [6.07, 6.45) is 1.33. The minimum atomic E-state index is -0.294. The number of carbonyl (C=O) groups is 1. The molecule has 0 aromatic rings. The second-order valence-corrected chi connectivity index (χ2v) is 3.54. The van der Waals surface area contributed by atoms with E-state index in [1.165, 1.54) is 0 Å². The molecular formula is C9H17NO2. The van der Waals surface area contributed by atoms with Gasteiger partial charge in [-0.25, -0.2) is 0 Å². The lowest BCUT2D eigenvalue weighted by Crippen LogP contribution is -2.33. The largest absolute Gasteiger partial charge is 0.391 e. The molecule has 1 heterocycles. The van der Waals surface area contributed by atoms with Crippen molar-refractivity contribution in [1.82, 2.24) is 4.90 Å². The van der Waals surface area contributed by atoms with Crippen molar-refractivity contribution >= 4 is 5.91 Å². The molecule has 3 heteroatoms. The molecule has 0 aromatic heterocycles. The van der Waals surface area contributed by atoms with E-state index in [0.29, 0.717) is 6.54 Å². The minimum Gasteiger partial charge on any atom is -0.391 e. The molecule has 1 fully saturated rings. The van der Waals surface area contributed by atoms with Crippen molar-refractivity contribution in [2.24, 2.45) is 5.92 Å². The molecule has 0 saturated carbocycles. The highest BCUT2D eigenvalue weighted by Crippen LogP contribution is 2.14. The average molecular weight is 171 g/mol. The lowest BCUT2D eigenvalue weighted by molar-refractivity contribution is -0.134. The molecule has 3 nitrogen and oxygen atoms in total. The van der Waals surface area contributed by atoms with Gasteiger partial charge >= 0.3 is 0 Å². The third-order valence-corrected chi connectivity index (χ3v) is 2.51. The average Bonchev–Trinajstić information content (AvgIpc) is 2.49. The van der Waals surface area contributed by atoms with Crippen LogP contribution in [0.4, 0.5) is 0 Å². The zero-order chi connectivity index (χ0) is 9.14. The first-order valence-corrected chi connectivity index (χ1v) is 4.62. The van der Waals surface area contributed by atoms with E-state index in [0.717, 1.165) is 19.4 Å². The Balaban J connectivity index is 2.43. The van der Waals surface area contributed by atoms with Gasteiger partial charge in [0.25, 0.3) is 0 Å². The summed E-state index contributed by atoms with van der Waals surface area (Å²) in [5, 5.41) is 9.21. The highest BCUT2D eigenvalue weighted by atomic mass is 16.3. The van der Waals surface area contributed by atoms with Crippen LogP contribution in [-0.2, 0) is 4.79 Å². The predicted octanol–water partition coefficient (Wildman–Crippen LogP) is 0.626. The molecule has 0 spiro atoms. The first kappa shape index (κ1) is 9.52. The highest BCUT2D eigenvalue weighted by molar-refractivity contribution is 5.78. The van der Waals surface area contributed by atoms with Crippen LogP contribution >= 0.6 is 0 Å². The summed E-state index contributed by atoms with van der Waals surface area (Å²) in [7, 11) is 0. The maximum Gasteiger partial charge on any atom is 0.225 e. The number of carbonyl (C=O) groups excluding carboxylic acids is 1. The van der Waals surface area contributed by atoms with E-state index < -0.39 is 0 Å².